The van der Waals surface area contributed by atoms with Gasteiger partial charge in [0.2, 0.25) is 5.91 Å². The SMILES string of the molecule is Cc1cc(C)cc(-c2cccc(-c3cc(C)cc(C)c3)c2C2=NCC(=O)N(C)c3ccccc32)c1. The summed E-state index contributed by atoms with van der Waals surface area (Å²) in [5.41, 5.74) is 13.3. The molecule has 0 bridgehead atoms. The molecule has 4 aromatic rings. The molecule has 0 N–H and O–H groups in total. The van der Waals surface area contributed by atoms with Gasteiger partial charge in [-0.1, -0.05) is 95.1 Å². The van der Waals surface area contributed by atoms with E-state index in [1.165, 1.54) is 22.3 Å². The van der Waals surface area contributed by atoms with Gasteiger partial charge in [0.1, 0.15) is 6.54 Å². The molecule has 1 amide bonds. The van der Waals surface area contributed by atoms with Crippen LogP contribution in [0.2, 0.25) is 0 Å². The standard InChI is InChI=1S/C32H30N2O/c1-20-13-21(2)16-24(15-20)26-10-8-11-27(25-17-22(3)14-23(4)18-25)31(26)32-28-9-6-7-12-29(28)34(5)30(35)19-33-32/h6-18H,19H2,1-5H3. The maximum Gasteiger partial charge on any atom is 0.248 e. The van der Waals surface area contributed by atoms with Crippen LogP contribution in [0.25, 0.3) is 22.3 Å². The van der Waals surface area contributed by atoms with Crippen LogP contribution < -0.4 is 4.90 Å². The van der Waals surface area contributed by atoms with E-state index < -0.39 is 0 Å². The van der Waals surface area contributed by atoms with Gasteiger partial charge in [-0.05, 0) is 56.0 Å². The van der Waals surface area contributed by atoms with E-state index in [-0.39, 0.29) is 12.5 Å². The molecule has 0 aliphatic carbocycles. The van der Waals surface area contributed by atoms with Crippen molar-refractivity contribution in [3.63, 3.8) is 0 Å². The fourth-order valence-corrected chi connectivity index (χ4v) is 5.20. The summed E-state index contributed by atoms with van der Waals surface area (Å²) in [7, 11) is 1.83. The van der Waals surface area contributed by atoms with Crippen molar-refractivity contribution in [2.45, 2.75) is 27.7 Å². The summed E-state index contributed by atoms with van der Waals surface area (Å²) in [6, 6.07) is 27.9. The number of para-hydroxylation sites is 1. The molecular formula is C32H30N2O. The molecule has 1 heterocycles. The molecule has 0 saturated heterocycles. The van der Waals surface area contributed by atoms with Crippen molar-refractivity contribution in [2.24, 2.45) is 4.99 Å². The zero-order chi connectivity index (χ0) is 24.7. The lowest BCUT2D eigenvalue weighted by atomic mass is 9.85. The van der Waals surface area contributed by atoms with Crippen LogP contribution in [0.5, 0.6) is 0 Å². The molecule has 1 aliphatic heterocycles. The number of benzene rings is 4. The third-order valence-corrected chi connectivity index (χ3v) is 6.63. The molecule has 0 aromatic heterocycles. The Labute approximate surface area is 207 Å². The summed E-state index contributed by atoms with van der Waals surface area (Å²) < 4.78 is 0. The fourth-order valence-electron chi connectivity index (χ4n) is 5.20. The van der Waals surface area contributed by atoms with E-state index in [2.05, 4.69) is 88.4 Å². The second-order valence-corrected chi connectivity index (χ2v) is 9.62. The highest BCUT2D eigenvalue weighted by atomic mass is 16.2. The van der Waals surface area contributed by atoms with Crippen LogP contribution in [0.4, 0.5) is 5.69 Å². The Balaban J connectivity index is 1.88. The summed E-state index contributed by atoms with van der Waals surface area (Å²) in [4.78, 5) is 19.5. The number of carbonyl (C=O) groups excluding carboxylic acids is 1. The monoisotopic (exact) mass is 458 g/mol. The van der Waals surface area contributed by atoms with Crippen LogP contribution >= 0.6 is 0 Å². The van der Waals surface area contributed by atoms with E-state index in [9.17, 15) is 4.79 Å². The highest BCUT2D eigenvalue weighted by molar-refractivity contribution is 6.24. The van der Waals surface area contributed by atoms with Crippen LogP contribution in [0.15, 0.2) is 83.9 Å². The van der Waals surface area contributed by atoms with Gasteiger partial charge < -0.3 is 4.90 Å². The fraction of sp³-hybridized carbons (Fsp3) is 0.188. The van der Waals surface area contributed by atoms with Crippen LogP contribution in [0, 0.1) is 27.7 Å². The molecule has 1 aliphatic rings. The number of anilines is 1. The van der Waals surface area contributed by atoms with Gasteiger partial charge in [0.05, 0.1) is 11.4 Å². The van der Waals surface area contributed by atoms with Gasteiger partial charge in [-0.3, -0.25) is 9.79 Å². The minimum absolute atomic E-state index is 0.00992. The highest BCUT2D eigenvalue weighted by Gasteiger charge is 2.26. The first kappa shape index (κ1) is 22.8. The lowest BCUT2D eigenvalue weighted by Crippen LogP contribution is -2.27. The molecule has 0 fully saturated rings. The van der Waals surface area contributed by atoms with Crippen LogP contribution in [0.1, 0.15) is 33.4 Å². The van der Waals surface area contributed by atoms with E-state index in [1.54, 1.807) is 4.90 Å². The van der Waals surface area contributed by atoms with Crippen molar-refractivity contribution in [1.29, 1.82) is 0 Å². The van der Waals surface area contributed by atoms with Crippen molar-refractivity contribution in [2.75, 3.05) is 18.5 Å². The van der Waals surface area contributed by atoms with E-state index in [1.807, 2.05) is 25.2 Å². The van der Waals surface area contributed by atoms with Gasteiger partial charge in [-0.2, -0.15) is 0 Å². The van der Waals surface area contributed by atoms with Crippen molar-refractivity contribution in [3.8, 4) is 22.3 Å². The van der Waals surface area contributed by atoms with Crippen LogP contribution in [-0.4, -0.2) is 25.2 Å². The number of rotatable bonds is 3. The first-order valence-electron chi connectivity index (χ1n) is 12.0. The predicted octanol–water partition coefficient (Wildman–Crippen LogP) is 7.07. The summed E-state index contributed by atoms with van der Waals surface area (Å²) in [5.74, 6) is -0.00992. The van der Waals surface area contributed by atoms with Crippen molar-refractivity contribution in [3.05, 3.63) is 112 Å². The molecule has 0 spiro atoms. The van der Waals surface area contributed by atoms with Gasteiger partial charge >= 0.3 is 0 Å². The Morgan fingerprint density at radius 3 is 1.69 bits per heavy atom. The number of likely N-dealkylation sites (N-methyl/N-ethyl adjacent to an activating group) is 1. The van der Waals surface area contributed by atoms with Crippen molar-refractivity contribution < 1.29 is 4.79 Å². The minimum atomic E-state index is -0.00992. The van der Waals surface area contributed by atoms with Gasteiger partial charge in [0, 0.05) is 18.2 Å². The molecule has 174 valence electrons. The second kappa shape index (κ2) is 8.99. The number of fused-ring (bicyclic) bond motifs is 1. The summed E-state index contributed by atoms with van der Waals surface area (Å²) in [6.07, 6.45) is 0. The molecule has 0 atom stereocenters. The third-order valence-electron chi connectivity index (χ3n) is 6.63. The molecule has 0 saturated carbocycles. The van der Waals surface area contributed by atoms with Crippen molar-refractivity contribution in [1.82, 2.24) is 0 Å². The molecule has 3 nitrogen and oxygen atoms in total. The number of hydrogen-bond donors (Lipinski definition) is 0. The maximum atomic E-state index is 12.9. The summed E-state index contributed by atoms with van der Waals surface area (Å²) in [5, 5.41) is 0. The first-order valence-corrected chi connectivity index (χ1v) is 12.0. The molecule has 4 aromatic carbocycles. The van der Waals surface area contributed by atoms with E-state index in [0.717, 1.165) is 44.8 Å². The third kappa shape index (κ3) is 4.30. The number of benzodiazepines with no additional fused rings is 1. The van der Waals surface area contributed by atoms with E-state index in [0.29, 0.717) is 0 Å². The molecule has 0 radical (unpaired) electrons. The average molecular weight is 459 g/mol. The summed E-state index contributed by atoms with van der Waals surface area (Å²) >= 11 is 0. The van der Waals surface area contributed by atoms with Gasteiger partial charge in [-0.15, -0.1) is 0 Å². The number of nitrogens with zero attached hydrogens (tertiary/aromatic N) is 2. The predicted molar refractivity (Wildman–Crippen MR) is 147 cm³/mol. The van der Waals surface area contributed by atoms with Gasteiger partial charge in [-0.25, -0.2) is 0 Å². The topological polar surface area (TPSA) is 32.7 Å². The largest absolute Gasteiger partial charge is 0.313 e. The molecule has 35 heavy (non-hydrogen) atoms. The van der Waals surface area contributed by atoms with Crippen molar-refractivity contribution >= 4 is 17.3 Å². The Morgan fingerprint density at radius 2 is 1.14 bits per heavy atom. The summed E-state index contributed by atoms with van der Waals surface area (Å²) in [6.45, 7) is 8.66. The van der Waals surface area contributed by atoms with E-state index in [4.69, 9.17) is 4.99 Å². The number of hydrogen-bond acceptors (Lipinski definition) is 2. The molecule has 5 rings (SSSR count). The molecule has 0 unspecified atom stereocenters. The lowest BCUT2D eigenvalue weighted by Gasteiger charge is -2.21. The normalized spacial score (nSPS) is 13.3. The zero-order valence-electron chi connectivity index (χ0n) is 21.0. The zero-order valence-corrected chi connectivity index (χ0v) is 21.0. The van der Waals surface area contributed by atoms with Crippen LogP contribution in [-0.2, 0) is 4.79 Å². The molecular weight excluding hydrogens is 428 g/mol. The van der Waals surface area contributed by atoms with Crippen LogP contribution in [0.3, 0.4) is 0 Å². The number of amides is 1. The van der Waals surface area contributed by atoms with E-state index >= 15 is 0 Å². The lowest BCUT2D eigenvalue weighted by molar-refractivity contribution is -0.116. The quantitative estimate of drug-likeness (QED) is 0.323. The Hall–Kier alpha value is -3.98. The average Bonchev–Trinajstić information content (AvgIpc) is 2.94. The number of carbonyl (C=O) groups is 1. The second-order valence-electron chi connectivity index (χ2n) is 9.62. The van der Waals surface area contributed by atoms with Gasteiger partial charge in [0.25, 0.3) is 0 Å². The Kier molecular flexibility index (Phi) is 5.86. The Morgan fingerprint density at radius 1 is 0.657 bits per heavy atom. The molecule has 3 heteroatoms. The minimum Gasteiger partial charge on any atom is -0.313 e. The number of aliphatic imine (C=N–C) groups is 1. The van der Waals surface area contributed by atoms with Gasteiger partial charge in [0.15, 0.2) is 0 Å². The Bertz CT molecular complexity index is 1390. The smallest absolute Gasteiger partial charge is 0.248 e. The highest BCUT2D eigenvalue weighted by Crippen LogP contribution is 2.38. The number of aryl methyl sites for hydroxylation is 4. The maximum absolute atomic E-state index is 12.9. The first-order chi connectivity index (χ1) is 16.8.